The van der Waals surface area contributed by atoms with Crippen LogP contribution < -0.4 is 0 Å². The molecule has 0 spiro atoms. The standard InChI is InChI=1S/C30H28BrN/c1-29(2)13-14-30(3,4)25-18-28-23(17-24(25)29)22-11-7-8-12-26(22)32(28)27-16-20(31)15-19-9-5-6-10-21(19)27/h5-12,15-18H,13-14H2,1-4H3. The molecule has 0 fully saturated rings. The Hall–Kier alpha value is -2.58. The highest BCUT2D eigenvalue weighted by Crippen LogP contribution is 2.48. The van der Waals surface area contributed by atoms with Gasteiger partial charge in [0, 0.05) is 20.6 Å². The summed E-state index contributed by atoms with van der Waals surface area (Å²) in [5, 5.41) is 5.21. The van der Waals surface area contributed by atoms with Crippen LogP contribution in [-0.2, 0) is 10.8 Å². The highest BCUT2D eigenvalue weighted by molar-refractivity contribution is 9.10. The van der Waals surface area contributed by atoms with E-state index in [1.807, 2.05) is 0 Å². The molecule has 4 aromatic carbocycles. The Morgan fingerprint density at radius 3 is 2.03 bits per heavy atom. The fourth-order valence-corrected chi connectivity index (χ4v) is 6.19. The third-order valence-corrected chi connectivity index (χ3v) is 8.15. The lowest BCUT2D eigenvalue weighted by atomic mass is 9.63. The van der Waals surface area contributed by atoms with Crippen LogP contribution in [0.5, 0.6) is 0 Å². The number of aromatic nitrogens is 1. The first-order valence-corrected chi connectivity index (χ1v) is 12.3. The largest absolute Gasteiger partial charge is 0.309 e. The number of benzene rings is 4. The van der Waals surface area contributed by atoms with Gasteiger partial charge in [0.15, 0.2) is 0 Å². The van der Waals surface area contributed by atoms with Gasteiger partial charge < -0.3 is 4.57 Å². The number of rotatable bonds is 1. The minimum absolute atomic E-state index is 0.180. The topological polar surface area (TPSA) is 4.93 Å². The summed E-state index contributed by atoms with van der Waals surface area (Å²) >= 11 is 3.78. The Kier molecular flexibility index (Phi) is 4.21. The summed E-state index contributed by atoms with van der Waals surface area (Å²) in [4.78, 5) is 0. The van der Waals surface area contributed by atoms with Crippen LogP contribution in [0.15, 0.2) is 77.3 Å². The van der Waals surface area contributed by atoms with Gasteiger partial charge in [0.05, 0.1) is 16.7 Å². The average molecular weight is 482 g/mol. The Balaban J connectivity index is 1.81. The van der Waals surface area contributed by atoms with Crippen molar-refractivity contribution >= 4 is 48.5 Å². The van der Waals surface area contributed by atoms with E-state index in [2.05, 4.69) is 121 Å². The smallest absolute Gasteiger partial charge is 0.0551 e. The van der Waals surface area contributed by atoms with Crippen molar-refractivity contribution in [3.63, 3.8) is 0 Å². The zero-order valence-corrected chi connectivity index (χ0v) is 20.8. The summed E-state index contributed by atoms with van der Waals surface area (Å²) in [6.07, 6.45) is 2.45. The number of halogens is 1. The molecule has 0 bridgehead atoms. The van der Waals surface area contributed by atoms with Crippen molar-refractivity contribution in [2.75, 3.05) is 0 Å². The van der Waals surface area contributed by atoms with Crippen LogP contribution in [0.3, 0.4) is 0 Å². The molecule has 0 unspecified atom stereocenters. The van der Waals surface area contributed by atoms with Crippen molar-refractivity contribution in [3.05, 3.63) is 88.4 Å². The first kappa shape index (κ1) is 20.1. The second kappa shape index (κ2) is 6.71. The van der Waals surface area contributed by atoms with Crippen LogP contribution in [0.1, 0.15) is 51.7 Å². The molecule has 1 aliphatic rings. The summed E-state index contributed by atoms with van der Waals surface area (Å²) in [7, 11) is 0. The second-order valence-corrected chi connectivity index (χ2v) is 11.6. The van der Waals surface area contributed by atoms with Gasteiger partial charge in [-0.25, -0.2) is 0 Å². The number of hydrogen-bond donors (Lipinski definition) is 0. The number of hydrogen-bond acceptors (Lipinski definition) is 0. The van der Waals surface area contributed by atoms with Crippen LogP contribution in [0.4, 0.5) is 0 Å². The molecule has 32 heavy (non-hydrogen) atoms. The quantitative estimate of drug-likeness (QED) is 0.225. The van der Waals surface area contributed by atoms with Gasteiger partial charge in [0.2, 0.25) is 0 Å². The molecule has 5 aromatic rings. The zero-order chi connectivity index (χ0) is 22.3. The van der Waals surface area contributed by atoms with Crippen molar-refractivity contribution in [3.8, 4) is 5.69 Å². The molecule has 0 N–H and O–H groups in total. The maximum Gasteiger partial charge on any atom is 0.0551 e. The van der Waals surface area contributed by atoms with E-state index in [-0.39, 0.29) is 10.8 Å². The van der Waals surface area contributed by atoms with E-state index in [1.165, 1.54) is 62.2 Å². The van der Waals surface area contributed by atoms with Crippen LogP contribution in [0.2, 0.25) is 0 Å². The molecule has 0 saturated carbocycles. The SMILES string of the molecule is CC1(C)CCC(C)(C)c2cc3c(cc21)c1ccccc1n3-c1cc(Br)cc2ccccc12. The molecular weight excluding hydrogens is 454 g/mol. The molecule has 2 heteroatoms. The average Bonchev–Trinajstić information content (AvgIpc) is 3.09. The Morgan fingerprint density at radius 2 is 1.28 bits per heavy atom. The number of nitrogens with zero attached hydrogens (tertiary/aromatic N) is 1. The lowest BCUT2D eigenvalue weighted by Gasteiger charge is -2.42. The normalized spacial score (nSPS) is 17.2. The molecule has 1 aliphatic carbocycles. The first-order valence-electron chi connectivity index (χ1n) is 11.5. The third kappa shape index (κ3) is 2.82. The third-order valence-electron chi connectivity index (χ3n) is 7.69. The molecule has 1 nitrogen and oxygen atoms in total. The predicted octanol–water partition coefficient (Wildman–Crippen LogP) is 9.05. The van der Waals surface area contributed by atoms with E-state index in [9.17, 15) is 0 Å². The van der Waals surface area contributed by atoms with Crippen molar-refractivity contribution in [2.24, 2.45) is 0 Å². The Bertz CT molecular complexity index is 1530. The molecule has 0 amide bonds. The highest BCUT2D eigenvalue weighted by atomic mass is 79.9. The molecule has 160 valence electrons. The molecule has 6 rings (SSSR count). The lowest BCUT2D eigenvalue weighted by molar-refractivity contribution is 0.332. The minimum Gasteiger partial charge on any atom is -0.309 e. The summed E-state index contributed by atoms with van der Waals surface area (Å²) in [6.45, 7) is 9.64. The summed E-state index contributed by atoms with van der Waals surface area (Å²) in [5.41, 5.74) is 7.20. The highest BCUT2D eigenvalue weighted by Gasteiger charge is 2.37. The minimum atomic E-state index is 0.180. The number of para-hydroxylation sites is 1. The predicted molar refractivity (Wildman–Crippen MR) is 141 cm³/mol. The first-order chi connectivity index (χ1) is 15.3. The van der Waals surface area contributed by atoms with Crippen molar-refractivity contribution < 1.29 is 0 Å². The summed E-state index contributed by atoms with van der Waals surface area (Å²) in [5.74, 6) is 0. The maximum atomic E-state index is 3.78. The second-order valence-electron chi connectivity index (χ2n) is 10.7. The molecule has 1 heterocycles. The molecule has 0 aliphatic heterocycles. The van der Waals surface area contributed by atoms with Gasteiger partial charge in [-0.2, -0.15) is 0 Å². The van der Waals surface area contributed by atoms with Crippen LogP contribution in [-0.4, -0.2) is 4.57 Å². The maximum absolute atomic E-state index is 3.78. The fraction of sp³-hybridized carbons (Fsp3) is 0.267. The van der Waals surface area contributed by atoms with E-state index >= 15 is 0 Å². The Labute approximate surface area is 198 Å². The van der Waals surface area contributed by atoms with Crippen LogP contribution in [0.25, 0.3) is 38.3 Å². The van der Waals surface area contributed by atoms with Crippen LogP contribution in [0, 0.1) is 0 Å². The van der Waals surface area contributed by atoms with Gasteiger partial charge in [-0.1, -0.05) is 86.1 Å². The van der Waals surface area contributed by atoms with Gasteiger partial charge in [-0.05, 0) is 70.5 Å². The van der Waals surface area contributed by atoms with E-state index in [4.69, 9.17) is 0 Å². The fourth-order valence-electron chi connectivity index (χ4n) is 5.73. The summed E-state index contributed by atoms with van der Waals surface area (Å²) in [6, 6.07) is 27.0. The van der Waals surface area contributed by atoms with Crippen LogP contribution >= 0.6 is 15.9 Å². The van der Waals surface area contributed by atoms with Gasteiger partial charge >= 0.3 is 0 Å². The van der Waals surface area contributed by atoms with Gasteiger partial charge in [-0.15, -0.1) is 0 Å². The Morgan fingerprint density at radius 1 is 0.656 bits per heavy atom. The van der Waals surface area contributed by atoms with E-state index in [1.54, 1.807) is 0 Å². The van der Waals surface area contributed by atoms with Gasteiger partial charge in [-0.3, -0.25) is 0 Å². The molecule has 0 radical (unpaired) electrons. The summed E-state index contributed by atoms with van der Waals surface area (Å²) < 4.78 is 3.59. The number of fused-ring (bicyclic) bond motifs is 5. The molecule has 0 saturated heterocycles. The van der Waals surface area contributed by atoms with E-state index in [0.717, 1.165) is 4.47 Å². The molecule has 0 atom stereocenters. The van der Waals surface area contributed by atoms with Crippen molar-refractivity contribution in [2.45, 2.75) is 51.4 Å². The lowest BCUT2D eigenvalue weighted by Crippen LogP contribution is -2.33. The molecular formula is C30H28BrN. The van der Waals surface area contributed by atoms with Gasteiger partial charge in [0.25, 0.3) is 0 Å². The van der Waals surface area contributed by atoms with E-state index < -0.39 is 0 Å². The monoisotopic (exact) mass is 481 g/mol. The zero-order valence-electron chi connectivity index (χ0n) is 19.2. The van der Waals surface area contributed by atoms with Gasteiger partial charge in [0.1, 0.15) is 0 Å². The molecule has 1 aromatic heterocycles. The van der Waals surface area contributed by atoms with Crippen molar-refractivity contribution in [1.29, 1.82) is 0 Å². The van der Waals surface area contributed by atoms with Crippen molar-refractivity contribution in [1.82, 2.24) is 4.57 Å². The van der Waals surface area contributed by atoms with E-state index in [0.29, 0.717) is 0 Å².